The third-order valence-corrected chi connectivity index (χ3v) is 1.52. The van der Waals surface area contributed by atoms with E-state index in [9.17, 15) is 0 Å². The molecule has 1 rings (SSSR count). The molecule has 0 unspecified atom stereocenters. The van der Waals surface area contributed by atoms with Crippen molar-refractivity contribution in [3.8, 4) is 5.75 Å². The van der Waals surface area contributed by atoms with Gasteiger partial charge in [-0.3, -0.25) is 0 Å². The van der Waals surface area contributed by atoms with Crippen molar-refractivity contribution in [2.75, 3.05) is 0 Å². The fourth-order valence-electron chi connectivity index (χ4n) is 0.452. The van der Waals surface area contributed by atoms with E-state index in [2.05, 4.69) is 15.9 Å². The van der Waals surface area contributed by atoms with E-state index in [0.717, 1.165) is 4.47 Å². The molecule has 0 aliphatic rings. The molecule has 0 atom stereocenters. The van der Waals surface area contributed by atoms with Gasteiger partial charge >= 0.3 is 0 Å². The zero-order valence-corrected chi connectivity index (χ0v) is 8.72. The normalized spacial score (nSPS) is 8.11. The van der Waals surface area contributed by atoms with Gasteiger partial charge in [-0.05, 0) is 28.1 Å². The summed E-state index contributed by atoms with van der Waals surface area (Å²) in [6, 6.07) is 7.04. The van der Waals surface area contributed by atoms with Gasteiger partial charge in [0.1, 0.15) is 5.75 Å². The summed E-state index contributed by atoms with van der Waals surface area (Å²) in [6.07, 6.45) is 0. The molecule has 0 spiro atoms. The number of para-hydroxylation sites is 1. The molecular formula is C6H5BrNaO. The van der Waals surface area contributed by atoms with Gasteiger partial charge in [0, 0.05) is 29.6 Å². The molecule has 1 N–H and O–H groups in total. The van der Waals surface area contributed by atoms with Crippen molar-refractivity contribution >= 4 is 45.5 Å². The molecule has 3 heteroatoms. The first-order valence-electron chi connectivity index (χ1n) is 2.24. The van der Waals surface area contributed by atoms with Crippen molar-refractivity contribution < 1.29 is 5.11 Å². The van der Waals surface area contributed by atoms with Crippen LogP contribution in [-0.2, 0) is 0 Å². The summed E-state index contributed by atoms with van der Waals surface area (Å²) in [6.45, 7) is 0. The number of hydrogen-bond acceptors (Lipinski definition) is 1. The van der Waals surface area contributed by atoms with Crippen LogP contribution in [0.5, 0.6) is 5.75 Å². The standard InChI is InChI=1S/C6H5BrO.Na/c7-5-3-1-2-4-6(5)8;/h1-4,8H;. The molecule has 0 amide bonds. The van der Waals surface area contributed by atoms with Crippen LogP contribution in [0.1, 0.15) is 0 Å². The third kappa shape index (κ3) is 2.72. The average molecular weight is 196 g/mol. The molecule has 0 saturated heterocycles. The van der Waals surface area contributed by atoms with Crippen LogP contribution in [-0.4, -0.2) is 34.7 Å². The Hall–Kier alpha value is 0.500. The smallest absolute Gasteiger partial charge is 0.129 e. The maximum atomic E-state index is 8.87. The van der Waals surface area contributed by atoms with Gasteiger partial charge in [0.25, 0.3) is 0 Å². The van der Waals surface area contributed by atoms with Crippen molar-refractivity contribution in [3.63, 3.8) is 0 Å². The van der Waals surface area contributed by atoms with E-state index in [-0.39, 0.29) is 35.3 Å². The fourth-order valence-corrected chi connectivity index (χ4v) is 0.737. The van der Waals surface area contributed by atoms with Gasteiger partial charge in [-0.25, -0.2) is 0 Å². The van der Waals surface area contributed by atoms with Crippen molar-refractivity contribution in [2.45, 2.75) is 0 Å². The molecule has 0 fully saturated rings. The predicted molar refractivity (Wildman–Crippen MR) is 41.6 cm³/mol. The Kier molecular flexibility index (Phi) is 4.58. The van der Waals surface area contributed by atoms with Gasteiger partial charge in [-0.2, -0.15) is 0 Å². The van der Waals surface area contributed by atoms with Crippen molar-refractivity contribution in [1.29, 1.82) is 0 Å². The number of phenols is 1. The SMILES string of the molecule is Oc1ccccc1Br.[Na]. The summed E-state index contributed by atoms with van der Waals surface area (Å²) < 4.78 is 0.736. The zero-order valence-electron chi connectivity index (χ0n) is 5.13. The van der Waals surface area contributed by atoms with E-state index in [1.165, 1.54) is 0 Å². The maximum absolute atomic E-state index is 8.87. The second kappa shape index (κ2) is 4.34. The van der Waals surface area contributed by atoms with Crippen molar-refractivity contribution in [2.24, 2.45) is 0 Å². The number of hydrogen-bond donors (Lipinski definition) is 1. The van der Waals surface area contributed by atoms with Crippen LogP contribution in [0.4, 0.5) is 0 Å². The average Bonchev–Trinajstić information content (AvgIpc) is 1.77. The summed E-state index contributed by atoms with van der Waals surface area (Å²) >= 11 is 3.15. The zero-order chi connectivity index (χ0) is 5.98. The molecule has 9 heavy (non-hydrogen) atoms. The van der Waals surface area contributed by atoms with Gasteiger partial charge in [0.05, 0.1) is 4.47 Å². The molecule has 43 valence electrons. The predicted octanol–water partition coefficient (Wildman–Crippen LogP) is 1.77. The Labute approximate surface area is 84.5 Å². The third-order valence-electron chi connectivity index (χ3n) is 0.852. The summed E-state index contributed by atoms with van der Waals surface area (Å²) in [5, 5.41) is 8.87. The molecule has 0 aliphatic heterocycles. The van der Waals surface area contributed by atoms with E-state index in [1.54, 1.807) is 18.2 Å². The summed E-state index contributed by atoms with van der Waals surface area (Å²) in [4.78, 5) is 0. The van der Waals surface area contributed by atoms with Crippen LogP contribution in [0.3, 0.4) is 0 Å². The second-order valence-corrected chi connectivity index (χ2v) is 2.31. The molecule has 0 saturated carbocycles. The Balaban J connectivity index is 0.000000640. The first-order valence-corrected chi connectivity index (χ1v) is 3.03. The van der Waals surface area contributed by atoms with Crippen LogP contribution >= 0.6 is 15.9 Å². The Bertz CT molecular complexity index is 169. The first-order chi connectivity index (χ1) is 3.80. The number of aromatic hydroxyl groups is 1. The number of halogens is 1. The molecule has 1 aromatic rings. The minimum Gasteiger partial charge on any atom is -0.507 e. The number of benzene rings is 1. The van der Waals surface area contributed by atoms with Crippen molar-refractivity contribution in [3.05, 3.63) is 28.7 Å². The van der Waals surface area contributed by atoms with Gasteiger partial charge in [-0.1, -0.05) is 12.1 Å². The minimum atomic E-state index is 0. The van der Waals surface area contributed by atoms with Crippen LogP contribution in [0, 0.1) is 0 Å². The van der Waals surface area contributed by atoms with Crippen LogP contribution in [0.2, 0.25) is 0 Å². The number of phenolic OH excluding ortho intramolecular Hbond substituents is 1. The Morgan fingerprint density at radius 2 is 1.78 bits per heavy atom. The minimum absolute atomic E-state index is 0. The maximum Gasteiger partial charge on any atom is 0.129 e. The topological polar surface area (TPSA) is 20.2 Å². The molecule has 1 radical (unpaired) electrons. The molecular weight excluding hydrogens is 191 g/mol. The van der Waals surface area contributed by atoms with E-state index < -0.39 is 0 Å². The molecule has 0 aliphatic carbocycles. The van der Waals surface area contributed by atoms with Gasteiger partial charge in [0.15, 0.2) is 0 Å². The van der Waals surface area contributed by atoms with Crippen LogP contribution in [0.25, 0.3) is 0 Å². The monoisotopic (exact) mass is 195 g/mol. The Morgan fingerprint density at radius 1 is 1.22 bits per heavy atom. The first kappa shape index (κ1) is 9.50. The van der Waals surface area contributed by atoms with Gasteiger partial charge in [-0.15, -0.1) is 0 Å². The van der Waals surface area contributed by atoms with Crippen molar-refractivity contribution in [1.82, 2.24) is 0 Å². The quantitative estimate of drug-likeness (QED) is 0.627. The van der Waals surface area contributed by atoms with Gasteiger partial charge in [0.2, 0.25) is 0 Å². The fraction of sp³-hybridized carbons (Fsp3) is 0. The summed E-state index contributed by atoms with van der Waals surface area (Å²) in [5.74, 6) is 0.285. The summed E-state index contributed by atoms with van der Waals surface area (Å²) in [7, 11) is 0. The summed E-state index contributed by atoms with van der Waals surface area (Å²) in [5.41, 5.74) is 0. The second-order valence-electron chi connectivity index (χ2n) is 1.45. The molecule has 1 aromatic carbocycles. The van der Waals surface area contributed by atoms with E-state index in [0.29, 0.717) is 0 Å². The van der Waals surface area contributed by atoms with Gasteiger partial charge < -0.3 is 5.11 Å². The van der Waals surface area contributed by atoms with E-state index in [4.69, 9.17) is 5.11 Å². The largest absolute Gasteiger partial charge is 0.507 e. The van der Waals surface area contributed by atoms with Crippen LogP contribution in [0.15, 0.2) is 28.7 Å². The van der Waals surface area contributed by atoms with E-state index >= 15 is 0 Å². The molecule has 0 bridgehead atoms. The Morgan fingerprint density at radius 3 is 2.11 bits per heavy atom. The molecule has 0 aromatic heterocycles. The molecule has 0 heterocycles. The number of rotatable bonds is 0. The van der Waals surface area contributed by atoms with Crippen LogP contribution < -0.4 is 0 Å². The molecule has 1 nitrogen and oxygen atoms in total. The van der Waals surface area contributed by atoms with E-state index in [1.807, 2.05) is 6.07 Å².